The van der Waals surface area contributed by atoms with Gasteiger partial charge in [0, 0.05) is 0 Å². The fourth-order valence-electron chi connectivity index (χ4n) is 1.52. The molecule has 4 heteroatoms. The van der Waals surface area contributed by atoms with Gasteiger partial charge in [0.25, 0.3) is 0 Å². The fraction of sp³-hybridized carbons (Fsp3) is 0.889. The van der Waals surface area contributed by atoms with Crippen LogP contribution in [0.2, 0.25) is 0 Å². The molecule has 0 saturated heterocycles. The quantitative estimate of drug-likeness (QED) is 0.609. The zero-order chi connectivity index (χ0) is 9.84. The molecule has 2 atom stereocenters. The lowest BCUT2D eigenvalue weighted by Crippen LogP contribution is -2.39. The van der Waals surface area contributed by atoms with Crippen molar-refractivity contribution < 1.29 is 14.6 Å². The van der Waals surface area contributed by atoms with E-state index < -0.39 is 18.1 Å². The van der Waals surface area contributed by atoms with E-state index in [1.54, 1.807) is 0 Å². The van der Waals surface area contributed by atoms with Gasteiger partial charge in [0.15, 0.2) is 0 Å². The number of esters is 1. The summed E-state index contributed by atoms with van der Waals surface area (Å²) in [5, 5.41) is 9.60. The van der Waals surface area contributed by atoms with Crippen LogP contribution in [-0.2, 0) is 9.53 Å². The number of hydrogen-bond donors (Lipinski definition) is 2. The summed E-state index contributed by atoms with van der Waals surface area (Å²) >= 11 is 0. The van der Waals surface area contributed by atoms with E-state index in [1.807, 2.05) is 0 Å². The summed E-state index contributed by atoms with van der Waals surface area (Å²) in [7, 11) is 1.30. The van der Waals surface area contributed by atoms with Gasteiger partial charge in [-0.1, -0.05) is 6.42 Å². The Balaban J connectivity index is 2.25. The molecule has 1 aliphatic carbocycles. The van der Waals surface area contributed by atoms with Crippen molar-refractivity contribution in [2.45, 2.75) is 37.8 Å². The van der Waals surface area contributed by atoms with Crippen molar-refractivity contribution in [1.82, 2.24) is 0 Å². The van der Waals surface area contributed by atoms with E-state index in [4.69, 9.17) is 5.73 Å². The first kappa shape index (κ1) is 10.5. The Morgan fingerprint density at radius 2 is 2.31 bits per heavy atom. The minimum Gasteiger partial charge on any atom is -0.468 e. The van der Waals surface area contributed by atoms with Crippen molar-refractivity contribution in [2.24, 2.45) is 11.7 Å². The second kappa shape index (κ2) is 4.58. The minimum atomic E-state index is -0.680. The molecule has 0 aromatic rings. The van der Waals surface area contributed by atoms with Crippen LogP contribution >= 0.6 is 0 Å². The monoisotopic (exact) mass is 187 g/mol. The molecule has 1 fully saturated rings. The first-order valence-corrected chi connectivity index (χ1v) is 4.66. The van der Waals surface area contributed by atoms with Crippen LogP contribution in [0.25, 0.3) is 0 Å². The van der Waals surface area contributed by atoms with Crippen LogP contribution in [0.4, 0.5) is 0 Å². The second-order valence-corrected chi connectivity index (χ2v) is 3.62. The molecule has 4 nitrogen and oxygen atoms in total. The van der Waals surface area contributed by atoms with Crippen molar-refractivity contribution in [3.05, 3.63) is 0 Å². The Labute approximate surface area is 78.1 Å². The third-order valence-electron chi connectivity index (χ3n) is 2.69. The lowest BCUT2D eigenvalue weighted by molar-refractivity contribution is -0.143. The largest absolute Gasteiger partial charge is 0.468 e. The summed E-state index contributed by atoms with van der Waals surface area (Å²) in [6.45, 7) is 0. The summed E-state index contributed by atoms with van der Waals surface area (Å²) in [6, 6.07) is -0.680. The van der Waals surface area contributed by atoms with E-state index in [1.165, 1.54) is 13.5 Å². The van der Waals surface area contributed by atoms with Crippen LogP contribution in [0, 0.1) is 5.92 Å². The van der Waals surface area contributed by atoms with Crippen LogP contribution in [0.5, 0.6) is 0 Å². The summed E-state index contributed by atoms with van der Waals surface area (Å²) < 4.78 is 4.47. The first-order valence-electron chi connectivity index (χ1n) is 4.66. The number of aliphatic hydroxyl groups is 1. The maximum atomic E-state index is 10.9. The molecule has 0 amide bonds. The van der Waals surface area contributed by atoms with Gasteiger partial charge in [-0.3, -0.25) is 4.79 Å². The molecule has 3 N–H and O–H groups in total. The molecule has 76 valence electrons. The number of aliphatic hydroxyl groups excluding tert-OH is 1. The molecule has 13 heavy (non-hydrogen) atoms. The first-order chi connectivity index (χ1) is 6.15. The van der Waals surface area contributed by atoms with E-state index in [2.05, 4.69) is 4.74 Å². The Kier molecular flexibility index (Phi) is 3.69. The van der Waals surface area contributed by atoms with Gasteiger partial charge in [-0.15, -0.1) is 0 Å². The van der Waals surface area contributed by atoms with Crippen LogP contribution < -0.4 is 5.73 Å². The number of hydrogen-bond acceptors (Lipinski definition) is 4. The third-order valence-corrected chi connectivity index (χ3v) is 2.69. The molecule has 0 aromatic heterocycles. The van der Waals surface area contributed by atoms with Crippen molar-refractivity contribution in [1.29, 1.82) is 0 Å². The van der Waals surface area contributed by atoms with Gasteiger partial charge in [0.05, 0.1) is 13.2 Å². The highest BCUT2D eigenvalue weighted by Crippen LogP contribution is 2.31. The van der Waals surface area contributed by atoms with Gasteiger partial charge >= 0.3 is 5.97 Å². The molecule has 1 aliphatic rings. The fourth-order valence-corrected chi connectivity index (χ4v) is 1.52. The Bertz CT molecular complexity index is 180. The van der Waals surface area contributed by atoms with Gasteiger partial charge < -0.3 is 15.6 Å². The van der Waals surface area contributed by atoms with Gasteiger partial charge in [-0.25, -0.2) is 0 Å². The van der Waals surface area contributed by atoms with Crippen molar-refractivity contribution >= 4 is 5.97 Å². The average Bonchev–Trinajstić information content (AvgIpc) is 1.99. The van der Waals surface area contributed by atoms with Gasteiger partial charge in [-0.05, 0) is 25.2 Å². The number of carbonyl (C=O) groups excluding carboxylic acids is 1. The Hall–Kier alpha value is -0.610. The SMILES string of the molecule is COC(=O)C(N)CC(O)C1CCC1. The predicted octanol–water partition coefficient (Wildman–Crippen LogP) is 0.0378. The molecular weight excluding hydrogens is 170 g/mol. The van der Waals surface area contributed by atoms with Crippen LogP contribution in [0.3, 0.4) is 0 Å². The van der Waals surface area contributed by atoms with E-state index in [-0.39, 0.29) is 0 Å². The Morgan fingerprint density at radius 3 is 2.69 bits per heavy atom. The molecule has 2 unspecified atom stereocenters. The molecule has 0 heterocycles. The summed E-state index contributed by atoms with van der Waals surface area (Å²) in [6.07, 6.45) is 3.15. The lowest BCUT2D eigenvalue weighted by Gasteiger charge is -2.31. The van der Waals surface area contributed by atoms with Crippen LogP contribution in [0.15, 0.2) is 0 Å². The van der Waals surface area contributed by atoms with E-state index in [0.717, 1.165) is 12.8 Å². The van der Waals surface area contributed by atoms with Crippen molar-refractivity contribution in [2.75, 3.05) is 7.11 Å². The summed E-state index contributed by atoms with van der Waals surface area (Å²) in [5.41, 5.74) is 5.51. The van der Waals surface area contributed by atoms with Crippen molar-refractivity contribution in [3.63, 3.8) is 0 Å². The Morgan fingerprint density at radius 1 is 1.69 bits per heavy atom. The average molecular weight is 187 g/mol. The topological polar surface area (TPSA) is 72.5 Å². The molecule has 1 saturated carbocycles. The predicted molar refractivity (Wildman–Crippen MR) is 48.0 cm³/mol. The zero-order valence-electron chi connectivity index (χ0n) is 7.90. The zero-order valence-corrected chi connectivity index (χ0v) is 7.90. The lowest BCUT2D eigenvalue weighted by atomic mass is 9.79. The van der Waals surface area contributed by atoms with E-state index in [9.17, 15) is 9.90 Å². The molecule has 0 spiro atoms. The summed E-state index contributed by atoms with van der Waals surface area (Å²) in [5.74, 6) is -0.103. The van der Waals surface area contributed by atoms with Gasteiger partial charge in [0.2, 0.25) is 0 Å². The highest BCUT2D eigenvalue weighted by atomic mass is 16.5. The number of ether oxygens (including phenoxy) is 1. The van der Waals surface area contributed by atoms with E-state index in [0.29, 0.717) is 12.3 Å². The number of nitrogens with two attached hydrogens (primary N) is 1. The molecule has 1 rings (SSSR count). The molecular formula is C9H17NO3. The van der Waals surface area contributed by atoms with Crippen LogP contribution in [0.1, 0.15) is 25.7 Å². The molecule has 0 aliphatic heterocycles. The molecule has 0 radical (unpaired) electrons. The van der Waals surface area contributed by atoms with Crippen LogP contribution in [-0.4, -0.2) is 30.3 Å². The second-order valence-electron chi connectivity index (χ2n) is 3.62. The van der Waals surface area contributed by atoms with Gasteiger partial charge in [0.1, 0.15) is 6.04 Å². The smallest absolute Gasteiger partial charge is 0.322 e. The number of rotatable bonds is 4. The highest BCUT2D eigenvalue weighted by molar-refractivity contribution is 5.75. The maximum Gasteiger partial charge on any atom is 0.322 e. The summed E-state index contributed by atoms with van der Waals surface area (Å²) in [4.78, 5) is 10.9. The number of carbonyl (C=O) groups is 1. The van der Waals surface area contributed by atoms with E-state index >= 15 is 0 Å². The highest BCUT2D eigenvalue weighted by Gasteiger charge is 2.28. The number of methoxy groups -OCH3 is 1. The normalized spacial score (nSPS) is 21.8. The molecule has 0 aromatic carbocycles. The van der Waals surface area contributed by atoms with Gasteiger partial charge in [-0.2, -0.15) is 0 Å². The maximum absolute atomic E-state index is 10.9. The minimum absolute atomic E-state index is 0.317. The van der Waals surface area contributed by atoms with Crippen molar-refractivity contribution in [3.8, 4) is 0 Å². The molecule has 0 bridgehead atoms. The standard InChI is InChI=1S/C9H17NO3/c1-13-9(12)7(10)5-8(11)6-3-2-4-6/h6-8,11H,2-5,10H2,1H3. The third kappa shape index (κ3) is 2.67.